The molecule has 1 aliphatic rings. The van der Waals surface area contributed by atoms with Crippen LogP contribution in [0.4, 0.5) is 13.2 Å². The van der Waals surface area contributed by atoms with E-state index in [1.54, 1.807) is 4.68 Å². The highest BCUT2D eigenvalue weighted by molar-refractivity contribution is 5.72. The Morgan fingerprint density at radius 2 is 2.15 bits per heavy atom. The topological polar surface area (TPSA) is 77.2 Å². The molecule has 0 amide bonds. The molecule has 0 fully saturated rings. The van der Waals surface area contributed by atoms with Crippen molar-refractivity contribution in [1.82, 2.24) is 14.8 Å². The van der Waals surface area contributed by atoms with Gasteiger partial charge < -0.3 is 9.84 Å². The van der Waals surface area contributed by atoms with Gasteiger partial charge in [-0.2, -0.15) is 13.9 Å². The maximum absolute atomic E-state index is 14.3. The van der Waals surface area contributed by atoms with Crippen LogP contribution in [0.25, 0.3) is 11.3 Å². The molecule has 1 aliphatic carbocycles. The van der Waals surface area contributed by atoms with Crippen LogP contribution in [0.5, 0.6) is 5.88 Å². The molecule has 0 aliphatic heterocycles. The number of alkyl halides is 2. The van der Waals surface area contributed by atoms with Crippen molar-refractivity contribution >= 4 is 5.97 Å². The Labute approximate surface area is 147 Å². The van der Waals surface area contributed by atoms with Crippen LogP contribution < -0.4 is 4.74 Å². The normalized spacial score (nSPS) is 16.8. The van der Waals surface area contributed by atoms with Crippen LogP contribution in [0.15, 0.2) is 12.3 Å². The average molecular weight is 369 g/mol. The van der Waals surface area contributed by atoms with Gasteiger partial charge in [0.05, 0.1) is 17.8 Å². The highest BCUT2D eigenvalue weighted by Crippen LogP contribution is 2.36. The summed E-state index contributed by atoms with van der Waals surface area (Å²) in [6, 6.07) is 1.03. The van der Waals surface area contributed by atoms with Crippen LogP contribution >= 0.6 is 0 Å². The Bertz CT molecular complexity index is 836. The first-order valence-corrected chi connectivity index (χ1v) is 8.21. The second-order valence-corrected chi connectivity index (χ2v) is 6.47. The van der Waals surface area contributed by atoms with Crippen molar-refractivity contribution in [1.29, 1.82) is 0 Å². The number of aromatic nitrogens is 3. The minimum atomic E-state index is -3.07. The largest absolute Gasteiger partial charge is 0.481 e. The molecule has 1 N–H and O–H groups in total. The van der Waals surface area contributed by atoms with Gasteiger partial charge in [0.15, 0.2) is 5.82 Å². The number of carboxylic acids is 1. The lowest BCUT2D eigenvalue weighted by Crippen LogP contribution is -2.24. The van der Waals surface area contributed by atoms with Gasteiger partial charge >= 0.3 is 12.6 Å². The van der Waals surface area contributed by atoms with Crippen LogP contribution in [0.1, 0.15) is 37.6 Å². The minimum Gasteiger partial charge on any atom is -0.481 e. The molecular weight excluding hydrogens is 351 g/mol. The van der Waals surface area contributed by atoms with E-state index in [-0.39, 0.29) is 11.6 Å². The van der Waals surface area contributed by atoms with Gasteiger partial charge in [0, 0.05) is 35.3 Å². The maximum atomic E-state index is 14.3. The Kier molecular flexibility index (Phi) is 4.88. The Hall–Kier alpha value is -2.58. The molecule has 0 saturated heterocycles. The van der Waals surface area contributed by atoms with E-state index in [9.17, 15) is 23.1 Å². The number of carboxylic acid groups (broad SMARTS) is 1. The third kappa shape index (κ3) is 3.38. The zero-order chi connectivity index (χ0) is 19.0. The third-order valence-corrected chi connectivity index (χ3v) is 4.43. The summed E-state index contributed by atoms with van der Waals surface area (Å²) in [6.45, 7) is 0.699. The van der Waals surface area contributed by atoms with Gasteiger partial charge in [-0.1, -0.05) is 0 Å². The quantitative estimate of drug-likeness (QED) is 0.873. The molecule has 140 valence electrons. The van der Waals surface area contributed by atoms with Crippen LogP contribution in [-0.4, -0.2) is 32.5 Å². The van der Waals surface area contributed by atoms with Crippen molar-refractivity contribution in [2.45, 2.75) is 45.8 Å². The van der Waals surface area contributed by atoms with E-state index >= 15 is 0 Å². The summed E-state index contributed by atoms with van der Waals surface area (Å²) >= 11 is 0. The predicted molar refractivity (Wildman–Crippen MR) is 85.6 cm³/mol. The number of ether oxygens (including phenoxy) is 1. The number of carbonyl (C=O) groups is 1. The van der Waals surface area contributed by atoms with E-state index in [2.05, 4.69) is 14.8 Å². The van der Waals surface area contributed by atoms with Gasteiger partial charge in [0.25, 0.3) is 0 Å². The third-order valence-electron chi connectivity index (χ3n) is 4.43. The molecule has 2 aromatic heterocycles. The molecule has 0 radical (unpaired) electrons. The molecular formula is C17H18F3N3O3. The van der Waals surface area contributed by atoms with Crippen LogP contribution in [-0.2, 0) is 17.6 Å². The highest BCUT2D eigenvalue weighted by Gasteiger charge is 2.32. The molecule has 2 heterocycles. The van der Waals surface area contributed by atoms with Gasteiger partial charge in [-0.3, -0.25) is 9.48 Å². The summed E-state index contributed by atoms with van der Waals surface area (Å²) in [4.78, 5) is 14.8. The lowest BCUT2D eigenvalue weighted by molar-refractivity contribution is -0.142. The number of hydrogen-bond donors (Lipinski definition) is 1. The van der Waals surface area contributed by atoms with Gasteiger partial charge in [0.1, 0.15) is 0 Å². The lowest BCUT2D eigenvalue weighted by atomic mass is 9.85. The SMILES string of the molecule is CC(C)n1nc(-c2cc(OC(F)F)ncc2F)c2c1CC(C(=O)O)CC2. The molecule has 26 heavy (non-hydrogen) atoms. The average Bonchev–Trinajstić information content (AvgIpc) is 2.95. The fourth-order valence-corrected chi connectivity index (χ4v) is 3.25. The predicted octanol–water partition coefficient (Wildman–Crippen LogP) is 3.46. The smallest absolute Gasteiger partial charge is 0.388 e. The summed E-state index contributed by atoms with van der Waals surface area (Å²) < 4.78 is 45.1. The van der Waals surface area contributed by atoms with E-state index in [4.69, 9.17) is 0 Å². The standard InChI is InChI=1S/C17H18F3N3O3/c1-8(2)23-13-5-9(16(24)25)3-4-10(13)15(22-23)11-6-14(26-17(19)20)21-7-12(11)18/h6-9,17H,3-5H2,1-2H3,(H,24,25). The van der Waals surface area contributed by atoms with Crippen molar-refractivity contribution in [3.8, 4) is 17.1 Å². The second-order valence-electron chi connectivity index (χ2n) is 6.47. The Morgan fingerprint density at radius 3 is 2.77 bits per heavy atom. The number of hydrogen-bond acceptors (Lipinski definition) is 4. The number of halogens is 3. The summed E-state index contributed by atoms with van der Waals surface area (Å²) in [7, 11) is 0. The molecule has 3 rings (SSSR count). The summed E-state index contributed by atoms with van der Waals surface area (Å²) in [6.07, 6.45) is 1.94. The second kappa shape index (κ2) is 6.97. The maximum Gasteiger partial charge on any atom is 0.388 e. The molecule has 2 aromatic rings. The number of pyridine rings is 1. The van der Waals surface area contributed by atoms with Gasteiger partial charge in [-0.25, -0.2) is 9.37 Å². The van der Waals surface area contributed by atoms with Crippen LogP contribution in [0.2, 0.25) is 0 Å². The highest BCUT2D eigenvalue weighted by atomic mass is 19.3. The monoisotopic (exact) mass is 369 g/mol. The summed E-state index contributed by atoms with van der Waals surface area (Å²) in [5, 5.41) is 13.7. The molecule has 1 atom stereocenters. The van der Waals surface area contributed by atoms with Crippen LogP contribution in [0, 0.1) is 11.7 Å². The van der Waals surface area contributed by atoms with E-state index in [0.717, 1.165) is 23.5 Å². The molecule has 9 heteroatoms. The zero-order valence-corrected chi connectivity index (χ0v) is 14.2. The van der Waals surface area contributed by atoms with E-state index < -0.39 is 30.2 Å². The van der Waals surface area contributed by atoms with Gasteiger partial charge in [-0.15, -0.1) is 0 Å². The fourth-order valence-electron chi connectivity index (χ4n) is 3.25. The number of rotatable bonds is 5. The first-order chi connectivity index (χ1) is 12.3. The van der Waals surface area contributed by atoms with E-state index in [1.807, 2.05) is 13.8 Å². The van der Waals surface area contributed by atoms with E-state index in [1.165, 1.54) is 0 Å². The van der Waals surface area contributed by atoms with E-state index in [0.29, 0.717) is 25.0 Å². The summed E-state index contributed by atoms with van der Waals surface area (Å²) in [5.74, 6) is -2.51. The molecule has 0 spiro atoms. The van der Waals surface area contributed by atoms with Crippen molar-refractivity contribution in [3.63, 3.8) is 0 Å². The van der Waals surface area contributed by atoms with Gasteiger partial charge in [0.2, 0.25) is 5.88 Å². The van der Waals surface area contributed by atoms with Crippen molar-refractivity contribution in [2.75, 3.05) is 0 Å². The molecule has 0 bridgehead atoms. The fraction of sp³-hybridized carbons (Fsp3) is 0.471. The van der Waals surface area contributed by atoms with Crippen LogP contribution in [0.3, 0.4) is 0 Å². The lowest BCUT2D eigenvalue weighted by Gasteiger charge is -2.21. The minimum absolute atomic E-state index is 0.0140. The molecule has 0 aromatic carbocycles. The summed E-state index contributed by atoms with van der Waals surface area (Å²) in [5.41, 5.74) is 1.81. The van der Waals surface area contributed by atoms with Crippen molar-refractivity contribution in [3.05, 3.63) is 29.3 Å². The number of aliphatic carboxylic acids is 1. The van der Waals surface area contributed by atoms with Gasteiger partial charge in [-0.05, 0) is 26.7 Å². The number of nitrogens with zero attached hydrogens (tertiary/aromatic N) is 3. The Morgan fingerprint density at radius 1 is 1.42 bits per heavy atom. The molecule has 6 nitrogen and oxygen atoms in total. The first kappa shape index (κ1) is 18.2. The molecule has 1 unspecified atom stereocenters. The Balaban J connectivity index is 2.10. The first-order valence-electron chi connectivity index (χ1n) is 8.21. The van der Waals surface area contributed by atoms with Crippen molar-refractivity contribution < 1.29 is 27.8 Å². The molecule has 0 saturated carbocycles. The number of fused-ring (bicyclic) bond motifs is 1. The zero-order valence-electron chi connectivity index (χ0n) is 14.2. The van der Waals surface area contributed by atoms with Crippen molar-refractivity contribution in [2.24, 2.45) is 5.92 Å².